The number of methoxy groups -OCH3 is 1. The van der Waals surface area contributed by atoms with Crippen molar-refractivity contribution < 1.29 is 9.30 Å². The topological polar surface area (TPSA) is 16.4 Å². The Kier molecular flexibility index (Phi) is 4.27. The third-order valence-corrected chi connectivity index (χ3v) is 6.55. The maximum Gasteiger partial charge on any atom is 0.265 e. The highest BCUT2D eigenvalue weighted by Gasteiger charge is 2.27. The van der Waals surface area contributed by atoms with E-state index >= 15 is 0 Å². The van der Waals surface area contributed by atoms with Gasteiger partial charge in [0, 0.05) is 23.6 Å². The van der Waals surface area contributed by atoms with Crippen LogP contribution in [0.1, 0.15) is 5.01 Å². The molecule has 0 fully saturated rings. The molecule has 0 saturated heterocycles. The number of benzene rings is 2. The van der Waals surface area contributed by atoms with Crippen molar-refractivity contribution >= 4 is 45.1 Å². The fraction of sp³-hybridized carbons (Fsp3) is 0.150. The summed E-state index contributed by atoms with van der Waals surface area (Å²) >= 11 is 3.61. The quantitative estimate of drug-likeness (QED) is 0.485. The number of hydrogen-bond donors (Lipinski definition) is 0. The summed E-state index contributed by atoms with van der Waals surface area (Å²) in [6.07, 6.45) is 4.21. The second-order valence-electron chi connectivity index (χ2n) is 5.78. The van der Waals surface area contributed by atoms with E-state index in [9.17, 15) is 0 Å². The lowest BCUT2D eigenvalue weighted by Crippen LogP contribution is -2.29. The smallest absolute Gasteiger partial charge is 0.265 e. The minimum atomic E-state index is 0.771. The summed E-state index contributed by atoms with van der Waals surface area (Å²) in [6, 6.07) is 14.7. The van der Waals surface area contributed by atoms with Crippen molar-refractivity contribution in [1.29, 1.82) is 0 Å². The number of ether oxygens (including phenoxy) is 1. The van der Waals surface area contributed by atoms with Crippen LogP contribution < -0.4 is 14.2 Å². The zero-order chi connectivity index (χ0) is 17.4. The molecule has 0 N–H and O–H groups in total. The highest BCUT2D eigenvalue weighted by molar-refractivity contribution is 8.03. The third-order valence-electron chi connectivity index (χ3n) is 4.27. The third kappa shape index (κ3) is 2.83. The van der Waals surface area contributed by atoms with Crippen molar-refractivity contribution in [2.75, 3.05) is 18.6 Å². The molecule has 0 bridgehead atoms. The molecule has 0 aliphatic carbocycles. The lowest BCUT2D eigenvalue weighted by molar-refractivity contribution is -0.642. The van der Waals surface area contributed by atoms with Gasteiger partial charge in [0.25, 0.3) is 5.01 Å². The van der Waals surface area contributed by atoms with Crippen LogP contribution in [-0.4, -0.2) is 13.7 Å². The number of thiazole rings is 1. The Morgan fingerprint density at radius 1 is 1.24 bits per heavy atom. The van der Waals surface area contributed by atoms with E-state index in [1.165, 1.54) is 30.8 Å². The molecule has 126 valence electrons. The normalized spacial score (nSPS) is 15.0. The largest absolute Gasteiger partial charge is 0.497 e. The average Bonchev–Trinajstić information content (AvgIpc) is 3.13. The van der Waals surface area contributed by atoms with Crippen molar-refractivity contribution in [3.05, 3.63) is 65.2 Å². The SMILES string of the molecule is C=CCN1/C(=C/c2sc3ccccc3[n+]2C)Sc2ccc(OC)cc21. The van der Waals surface area contributed by atoms with Crippen LogP contribution >= 0.6 is 23.1 Å². The first-order valence-electron chi connectivity index (χ1n) is 8.05. The van der Waals surface area contributed by atoms with E-state index in [-0.39, 0.29) is 0 Å². The number of rotatable bonds is 4. The number of anilines is 1. The first kappa shape index (κ1) is 16.2. The van der Waals surface area contributed by atoms with Gasteiger partial charge in [0.05, 0.1) is 23.9 Å². The molecule has 0 saturated carbocycles. The summed E-state index contributed by atoms with van der Waals surface area (Å²) in [4.78, 5) is 3.54. The number of hydrogen-bond acceptors (Lipinski definition) is 4. The van der Waals surface area contributed by atoms with Gasteiger partial charge in [-0.3, -0.25) is 0 Å². The lowest BCUT2D eigenvalue weighted by atomic mass is 10.2. The number of aryl methyl sites for hydroxylation is 1. The maximum absolute atomic E-state index is 5.40. The van der Waals surface area contributed by atoms with Crippen molar-refractivity contribution in [2.45, 2.75) is 4.90 Å². The number of fused-ring (bicyclic) bond motifs is 2. The number of para-hydroxylation sites is 1. The summed E-state index contributed by atoms with van der Waals surface area (Å²) in [5.74, 6) is 0.877. The van der Waals surface area contributed by atoms with Crippen LogP contribution in [0.15, 0.2) is 65.0 Å². The molecule has 0 atom stereocenters. The zero-order valence-electron chi connectivity index (χ0n) is 14.2. The van der Waals surface area contributed by atoms with E-state index in [1.54, 1.807) is 18.9 Å². The Morgan fingerprint density at radius 2 is 2.08 bits per heavy atom. The summed E-state index contributed by atoms with van der Waals surface area (Å²) in [6.45, 7) is 4.69. The van der Waals surface area contributed by atoms with Gasteiger partial charge < -0.3 is 9.64 Å². The molecule has 4 rings (SSSR count). The van der Waals surface area contributed by atoms with Crippen molar-refractivity contribution in [3.8, 4) is 5.75 Å². The Morgan fingerprint density at radius 3 is 2.84 bits per heavy atom. The van der Waals surface area contributed by atoms with Crippen LogP contribution in [-0.2, 0) is 7.05 Å². The van der Waals surface area contributed by atoms with Crippen molar-refractivity contribution in [1.82, 2.24) is 0 Å². The van der Waals surface area contributed by atoms with Gasteiger partial charge in [-0.15, -0.1) is 6.58 Å². The lowest BCUT2D eigenvalue weighted by Gasteiger charge is -2.18. The molecule has 25 heavy (non-hydrogen) atoms. The predicted octanol–water partition coefficient (Wildman–Crippen LogP) is 4.83. The molecule has 1 aromatic heterocycles. The molecule has 2 heterocycles. The zero-order valence-corrected chi connectivity index (χ0v) is 15.9. The Hall–Kier alpha value is -2.24. The minimum Gasteiger partial charge on any atom is -0.497 e. The van der Waals surface area contributed by atoms with Crippen LogP contribution in [0.25, 0.3) is 16.3 Å². The van der Waals surface area contributed by atoms with Gasteiger partial charge in [0.15, 0.2) is 0 Å². The van der Waals surface area contributed by atoms with E-state index in [0.29, 0.717) is 0 Å². The van der Waals surface area contributed by atoms with Crippen molar-refractivity contribution in [3.63, 3.8) is 0 Å². The first-order valence-corrected chi connectivity index (χ1v) is 9.68. The molecule has 0 amide bonds. The fourth-order valence-corrected chi connectivity index (χ4v) is 5.24. The molecule has 2 aromatic carbocycles. The molecular formula is C20H19N2OS2+. The van der Waals surface area contributed by atoms with Crippen molar-refractivity contribution in [2.24, 2.45) is 7.05 Å². The van der Waals surface area contributed by atoms with E-state index in [0.717, 1.165) is 12.3 Å². The van der Waals surface area contributed by atoms with Gasteiger partial charge in [-0.1, -0.05) is 41.3 Å². The Labute approximate surface area is 155 Å². The maximum atomic E-state index is 5.40. The van der Waals surface area contributed by atoms with Gasteiger partial charge in [-0.2, -0.15) is 4.57 Å². The standard InChI is InChI=1S/C20H19N2OS2/c1-4-11-22-16-12-14(23-3)9-10-18(16)25-20(22)13-19-21(2)15-7-5-6-8-17(15)24-19/h4-10,12-13H,1,11H2,2-3H3/q+1. The molecule has 5 heteroatoms. The summed E-state index contributed by atoms with van der Waals surface area (Å²) in [5.41, 5.74) is 2.44. The summed E-state index contributed by atoms with van der Waals surface area (Å²) in [7, 11) is 3.83. The van der Waals surface area contributed by atoms with Crippen LogP contribution in [0.4, 0.5) is 5.69 Å². The van der Waals surface area contributed by atoms with Gasteiger partial charge in [-0.05, 0) is 18.2 Å². The monoisotopic (exact) mass is 367 g/mol. The van der Waals surface area contributed by atoms with Crippen LogP contribution in [0.5, 0.6) is 5.75 Å². The van der Waals surface area contributed by atoms with Crippen LogP contribution in [0.3, 0.4) is 0 Å². The number of aromatic nitrogens is 1. The molecule has 0 radical (unpaired) electrons. The molecule has 3 nitrogen and oxygen atoms in total. The van der Waals surface area contributed by atoms with E-state index in [1.807, 2.05) is 23.5 Å². The summed E-state index contributed by atoms with van der Waals surface area (Å²) in [5, 5.41) is 2.45. The van der Waals surface area contributed by atoms with Gasteiger partial charge >= 0.3 is 0 Å². The molecule has 0 unspecified atom stereocenters. The van der Waals surface area contributed by atoms with Gasteiger partial charge in [0.1, 0.15) is 17.5 Å². The highest BCUT2D eigenvalue weighted by atomic mass is 32.2. The fourth-order valence-electron chi connectivity index (χ4n) is 2.98. The Balaban J connectivity index is 1.79. The second-order valence-corrected chi connectivity index (χ2v) is 7.91. The summed E-state index contributed by atoms with van der Waals surface area (Å²) < 4.78 is 8.95. The number of thioether (sulfide) groups is 1. The van der Waals surface area contributed by atoms with E-state index < -0.39 is 0 Å². The predicted molar refractivity (Wildman–Crippen MR) is 107 cm³/mol. The highest BCUT2D eigenvalue weighted by Crippen LogP contribution is 2.48. The number of nitrogens with zero attached hydrogens (tertiary/aromatic N) is 2. The molecule has 1 aliphatic rings. The molecule has 0 spiro atoms. The molecule has 1 aliphatic heterocycles. The van der Waals surface area contributed by atoms with Gasteiger partial charge in [-0.25, -0.2) is 0 Å². The Bertz CT molecular complexity index is 991. The second kappa shape index (κ2) is 6.58. The van der Waals surface area contributed by atoms with E-state index in [4.69, 9.17) is 4.74 Å². The molecule has 3 aromatic rings. The first-order chi connectivity index (χ1) is 12.2. The van der Waals surface area contributed by atoms with Crippen LogP contribution in [0.2, 0.25) is 0 Å². The average molecular weight is 368 g/mol. The van der Waals surface area contributed by atoms with Gasteiger partial charge in [0.2, 0.25) is 5.52 Å². The van der Waals surface area contributed by atoms with Crippen LogP contribution in [0, 0.1) is 0 Å². The molecular weight excluding hydrogens is 348 g/mol. The van der Waals surface area contributed by atoms with E-state index in [2.05, 4.69) is 65.6 Å². The minimum absolute atomic E-state index is 0.771.